The number of hydrogen-bond acceptors (Lipinski definition) is 6. The monoisotopic (exact) mass is 427 g/mol. The first-order chi connectivity index (χ1) is 12.0. The van der Waals surface area contributed by atoms with Crippen molar-refractivity contribution in [3.63, 3.8) is 0 Å². The lowest BCUT2D eigenvalue weighted by molar-refractivity contribution is -0.384. The van der Waals surface area contributed by atoms with Crippen molar-refractivity contribution < 1.29 is 9.72 Å². The number of rotatable bonds is 8. The first-order valence-corrected chi connectivity index (χ1v) is 8.59. The minimum absolute atomic E-state index is 0.106. The van der Waals surface area contributed by atoms with Crippen molar-refractivity contribution >= 4 is 44.9 Å². The van der Waals surface area contributed by atoms with Gasteiger partial charge in [-0.05, 0) is 46.4 Å². The van der Waals surface area contributed by atoms with Gasteiger partial charge in [0, 0.05) is 37.0 Å². The molecule has 132 valence electrons. The van der Waals surface area contributed by atoms with Crippen LogP contribution >= 0.6 is 27.5 Å². The molecule has 0 aliphatic rings. The van der Waals surface area contributed by atoms with Crippen molar-refractivity contribution in [3.05, 3.63) is 55.9 Å². The van der Waals surface area contributed by atoms with Crippen LogP contribution in [0, 0.1) is 10.1 Å². The third-order valence-corrected chi connectivity index (χ3v) is 3.98. The van der Waals surface area contributed by atoms with Crippen molar-refractivity contribution in [1.29, 1.82) is 0 Å². The molecule has 2 rings (SSSR count). The summed E-state index contributed by atoms with van der Waals surface area (Å²) in [6.45, 7) is 1.12. The minimum Gasteiger partial charge on any atom is -0.369 e. The zero-order valence-electron chi connectivity index (χ0n) is 13.0. The van der Waals surface area contributed by atoms with Crippen molar-refractivity contribution in [1.82, 2.24) is 15.3 Å². The molecule has 0 saturated carbocycles. The molecule has 0 aliphatic heterocycles. The minimum atomic E-state index is -0.528. The number of amides is 1. The third kappa shape index (κ3) is 5.95. The van der Waals surface area contributed by atoms with Gasteiger partial charge in [-0.25, -0.2) is 4.98 Å². The van der Waals surface area contributed by atoms with Gasteiger partial charge in [-0.2, -0.15) is 4.98 Å². The number of nitro groups is 1. The highest BCUT2D eigenvalue weighted by atomic mass is 79.9. The molecular weight excluding hydrogens is 414 g/mol. The lowest BCUT2D eigenvalue weighted by atomic mass is 10.2. The van der Waals surface area contributed by atoms with Crippen LogP contribution in [0.3, 0.4) is 0 Å². The number of unbranched alkanes of at least 4 members (excludes halogenated alkanes) is 1. The van der Waals surface area contributed by atoms with Crippen LogP contribution in [0.5, 0.6) is 0 Å². The number of carbonyl (C=O) groups excluding carboxylic acids is 1. The Morgan fingerprint density at radius 2 is 2.08 bits per heavy atom. The summed E-state index contributed by atoms with van der Waals surface area (Å²) >= 11 is 9.05. The number of nitrogens with one attached hydrogen (secondary N) is 2. The van der Waals surface area contributed by atoms with Gasteiger partial charge in [0.1, 0.15) is 5.82 Å². The molecule has 1 amide bonds. The van der Waals surface area contributed by atoms with E-state index >= 15 is 0 Å². The SMILES string of the molecule is O=C(NCCCCNc1nc(Cl)ncc1Br)c1cccc([N+](=O)[O-])c1. The molecule has 0 atom stereocenters. The normalized spacial score (nSPS) is 10.3. The lowest BCUT2D eigenvalue weighted by Gasteiger charge is -2.08. The Balaban J connectivity index is 1.70. The molecule has 0 bridgehead atoms. The summed E-state index contributed by atoms with van der Waals surface area (Å²) in [5.74, 6) is 0.280. The van der Waals surface area contributed by atoms with Gasteiger partial charge in [0.25, 0.3) is 11.6 Å². The van der Waals surface area contributed by atoms with E-state index in [1.165, 1.54) is 18.2 Å². The van der Waals surface area contributed by atoms with Crippen molar-refractivity contribution in [2.24, 2.45) is 0 Å². The quantitative estimate of drug-likeness (QED) is 0.288. The predicted molar refractivity (Wildman–Crippen MR) is 97.9 cm³/mol. The van der Waals surface area contributed by atoms with E-state index in [9.17, 15) is 14.9 Å². The highest BCUT2D eigenvalue weighted by molar-refractivity contribution is 9.10. The van der Waals surface area contributed by atoms with Gasteiger partial charge in [-0.1, -0.05) is 6.07 Å². The van der Waals surface area contributed by atoms with Gasteiger partial charge < -0.3 is 10.6 Å². The van der Waals surface area contributed by atoms with Crippen molar-refractivity contribution in [2.75, 3.05) is 18.4 Å². The van der Waals surface area contributed by atoms with E-state index in [1.807, 2.05) is 0 Å². The maximum atomic E-state index is 12.0. The molecule has 2 aromatic rings. The second-order valence-electron chi connectivity index (χ2n) is 5.03. The molecule has 25 heavy (non-hydrogen) atoms. The number of nitro benzene ring substituents is 1. The van der Waals surface area contributed by atoms with Gasteiger partial charge in [-0.3, -0.25) is 14.9 Å². The van der Waals surface area contributed by atoms with E-state index in [-0.39, 0.29) is 22.4 Å². The van der Waals surface area contributed by atoms with E-state index in [0.29, 0.717) is 18.9 Å². The zero-order valence-corrected chi connectivity index (χ0v) is 15.4. The molecule has 0 unspecified atom stereocenters. The van der Waals surface area contributed by atoms with Crippen molar-refractivity contribution in [2.45, 2.75) is 12.8 Å². The smallest absolute Gasteiger partial charge is 0.270 e. The maximum Gasteiger partial charge on any atom is 0.270 e. The van der Waals surface area contributed by atoms with E-state index in [0.717, 1.165) is 17.3 Å². The first-order valence-electron chi connectivity index (χ1n) is 7.42. The number of carbonyl (C=O) groups is 1. The Labute approximate surface area is 157 Å². The number of halogens is 2. The van der Waals surface area contributed by atoms with E-state index in [2.05, 4.69) is 36.5 Å². The molecule has 8 nitrogen and oxygen atoms in total. The Morgan fingerprint density at radius 1 is 1.32 bits per heavy atom. The number of aromatic nitrogens is 2. The van der Waals surface area contributed by atoms with Gasteiger partial charge >= 0.3 is 0 Å². The van der Waals surface area contributed by atoms with Crippen LogP contribution < -0.4 is 10.6 Å². The molecule has 0 saturated heterocycles. The van der Waals surface area contributed by atoms with E-state index in [1.54, 1.807) is 12.3 Å². The highest BCUT2D eigenvalue weighted by Crippen LogP contribution is 2.20. The predicted octanol–water partition coefficient (Wildman–Crippen LogP) is 3.42. The number of benzene rings is 1. The van der Waals surface area contributed by atoms with Crippen molar-refractivity contribution in [3.8, 4) is 0 Å². The van der Waals surface area contributed by atoms with Crippen LogP contribution in [0.25, 0.3) is 0 Å². The van der Waals surface area contributed by atoms with Crippen LogP contribution in [-0.4, -0.2) is 33.9 Å². The number of nitrogens with zero attached hydrogens (tertiary/aromatic N) is 3. The fourth-order valence-corrected chi connectivity index (χ4v) is 2.46. The second kappa shape index (κ2) is 9.28. The molecule has 0 spiro atoms. The van der Waals surface area contributed by atoms with Crippen LogP contribution in [0.15, 0.2) is 34.9 Å². The Morgan fingerprint density at radius 3 is 2.84 bits per heavy atom. The molecule has 0 aliphatic carbocycles. The molecule has 0 radical (unpaired) electrons. The number of non-ortho nitro benzene ring substituents is 1. The molecule has 2 N–H and O–H groups in total. The molecule has 1 aromatic carbocycles. The standard InChI is InChI=1S/C15H15BrClN5O3/c16-12-9-20-15(17)21-13(12)18-6-1-2-7-19-14(23)10-4-3-5-11(8-10)22(24)25/h3-5,8-9H,1-2,6-7H2,(H,19,23)(H,18,20,21). The van der Waals surface area contributed by atoms with Crippen LogP contribution in [0.2, 0.25) is 5.28 Å². The zero-order chi connectivity index (χ0) is 18.2. The van der Waals surface area contributed by atoms with Gasteiger partial charge in [0.2, 0.25) is 5.28 Å². The molecular formula is C15H15BrClN5O3. The molecule has 0 fully saturated rings. The average molecular weight is 429 g/mol. The fourth-order valence-electron chi connectivity index (χ4n) is 1.99. The lowest BCUT2D eigenvalue weighted by Crippen LogP contribution is -2.24. The topological polar surface area (TPSA) is 110 Å². The summed E-state index contributed by atoms with van der Waals surface area (Å²) in [6, 6.07) is 5.63. The Bertz CT molecular complexity index is 775. The van der Waals surface area contributed by atoms with E-state index in [4.69, 9.17) is 11.6 Å². The summed E-state index contributed by atoms with van der Waals surface area (Å²) in [4.78, 5) is 30.0. The largest absolute Gasteiger partial charge is 0.369 e. The van der Waals surface area contributed by atoms with Crippen LogP contribution in [0.4, 0.5) is 11.5 Å². The maximum absolute atomic E-state index is 12.0. The fraction of sp³-hybridized carbons (Fsp3) is 0.267. The average Bonchev–Trinajstić information content (AvgIpc) is 2.60. The first kappa shape index (κ1) is 19.1. The Kier molecular flexibility index (Phi) is 7.08. The second-order valence-corrected chi connectivity index (χ2v) is 6.23. The van der Waals surface area contributed by atoms with Crippen LogP contribution in [-0.2, 0) is 0 Å². The summed E-state index contributed by atoms with van der Waals surface area (Å²) in [6.07, 6.45) is 3.10. The summed E-state index contributed by atoms with van der Waals surface area (Å²) < 4.78 is 0.718. The molecule has 1 heterocycles. The van der Waals surface area contributed by atoms with E-state index < -0.39 is 4.92 Å². The highest BCUT2D eigenvalue weighted by Gasteiger charge is 2.10. The third-order valence-electron chi connectivity index (χ3n) is 3.22. The molecule has 1 aromatic heterocycles. The van der Waals surface area contributed by atoms with Gasteiger partial charge in [0.15, 0.2) is 0 Å². The summed E-state index contributed by atoms with van der Waals surface area (Å²) in [7, 11) is 0. The number of anilines is 1. The molecule has 10 heteroatoms. The summed E-state index contributed by atoms with van der Waals surface area (Å²) in [5, 5.41) is 16.7. The summed E-state index contributed by atoms with van der Waals surface area (Å²) in [5.41, 5.74) is 0.165. The van der Waals surface area contributed by atoms with Crippen LogP contribution in [0.1, 0.15) is 23.2 Å². The van der Waals surface area contributed by atoms with Gasteiger partial charge in [0.05, 0.1) is 9.40 Å². The number of hydrogen-bond donors (Lipinski definition) is 2. The van der Waals surface area contributed by atoms with Gasteiger partial charge in [-0.15, -0.1) is 0 Å². The Hall–Kier alpha value is -2.26.